The summed E-state index contributed by atoms with van der Waals surface area (Å²) in [6, 6.07) is 5.61. The van der Waals surface area contributed by atoms with Crippen molar-refractivity contribution in [3.05, 3.63) is 23.8 Å². The lowest BCUT2D eigenvalue weighted by molar-refractivity contribution is 0.0929. The highest BCUT2D eigenvalue weighted by atomic mass is 16.6. The third-order valence-corrected chi connectivity index (χ3v) is 3.21. The molecule has 5 heteroatoms. The van der Waals surface area contributed by atoms with Crippen LogP contribution < -0.4 is 20.1 Å². The molecule has 18 heavy (non-hydrogen) atoms. The van der Waals surface area contributed by atoms with Gasteiger partial charge in [0, 0.05) is 12.6 Å². The van der Waals surface area contributed by atoms with Crippen molar-refractivity contribution in [3.63, 3.8) is 0 Å². The van der Waals surface area contributed by atoms with Crippen LogP contribution in [0.15, 0.2) is 18.2 Å². The van der Waals surface area contributed by atoms with E-state index in [1.54, 1.807) is 6.07 Å². The van der Waals surface area contributed by atoms with Gasteiger partial charge in [-0.2, -0.15) is 0 Å². The Morgan fingerprint density at radius 1 is 1.33 bits per heavy atom. The van der Waals surface area contributed by atoms with Gasteiger partial charge in [0.1, 0.15) is 13.2 Å². The fraction of sp³-hybridized carbons (Fsp3) is 0.462. The SMILES string of the molecule is O=C(N[C@@H]1CCNC1)c1cccc2c1OCCO2. The Kier molecular flexibility index (Phi) is 3.06. The van der Waals surface area contributed by atoms with Gasteiger partial charge in [0.2, 0.25) is 0 Å². The molecule has 1 saturated heterocycles. The van der Waals surface area contributed by atoms with E-state index in [0.29, 0.717) is 30.3 Å². The number of rotatable bonds is 2. The van der Waals surface area contributed by atoms with Crippen LogP contribution in [0.25, 0.3) is 0 Å². The van der Waals surface area contributed by atoms with Crippen molar-refractivity contribution < 1.29 is 14.3 Å². The number of hydrogen-bond donors (Lipinski definition) is 2. The molecule has 0 aromatic heterocycles. The van der Waals surface area contributed by atoms with E-state index in [4.69, 9.17) is 9.47 Å². The number of benzene rings is 1. The first-order valence-electron chi connectivity index (χ1n) is 6.25. The summed E-state index contributed by atoms with van der Waals surface area (Å²) in [6.07, 6.45) is 0.970. The first-order chi connectivity index (χ1) is 8.84. The molecular formula is C13H16N2O3. The zero-order chi connectivity index (χ0) is 12.4. The highest BCUT2D eigenvalue weighted by Gasteiger charge is 2.23. The smallest absolute Gasteiger partial charge is 0.255 e. The Morgan fingerprint density at radius 2 is 2.22 bits per heavy atom. The molecule has 1 amide bonds. The normalized spacial score (nSPS) is 21.7. The molecule has 2 aliphatic rings. The van der Waals surface area contributed by atoms with Gasteiger partial charge < -0.3 is 20.1 Å². The van der Waals surface area contributed by atoms with Crippen molar-refractivity contribution >= 4 is 5.91 Å². The van der Waals surface area contributed by atoms with Crippen LogP contribution in [-0.2, 0) is 0 Å². The van der Waals surface area contributed by atoms with Crippen LogP contribution in [0.5, 0.6) is 11.5 Å². The Labute approximate surface area is 105 Å². The lowest BCUT2D eigenvalue weighted by Crippen LogP contribution is -2.36. The lowest BCUT2D eigenvalue weighted by Gasteiger charge is -2.21. The average molecular weight is 248 g/mol. The van der Waals surface area contributed by atoms with Gasteiger partial charge in [-0.1, -0.05) is 6.07 Å². The summed E-state index contributed by atoms with van der Waals surface area (Å²) in [7, 11) is 0. The maximum Gasteiger partial charge on any atom is 0.255 e. The maximum absolute atomic E-state index is 12.2. The van der Waals surface area contributed by atoms with Crippen LogP contribution >= 0.6 is 0 Å². The van der Waals surface area contributed by atoms with Crippen LogP contribution in [-0.4, -0.2) is 38.3 Å². The Bertz CT molecular complexity index is 456. The molecular weight excluding hydrogens is 232 g/mol. The van der Waals surface area contributed by atoms with Gasteiger partial charge in [-0.15, -0.1) is 0 Å². The van der Waals surface area contributed by atoms with E-state index < -0.39 is 0 Å². The molecule has 2 N–H and O–H groups in total. The van der Waals surface area contributed by atoms with Crippen LogP contribution in [0.4, 0.5) is 0 Å². The minimum atomic E-state index is -0.0916. The van der Waals surface area contributed by atoms with Crippen LogP contribution in [0.2, 0.25) is 0 Å². The number of ether oxygens (including phenoxy) is 2. The predicted octanol–water partition coefficient (Wildman–Crippen LogP) is 0.549. The van der Waals surface area contributed by atoms with E-state index in [2.05, 4.69) is 10.6 Å². The molecule has 3 rings (SSSR count). The summed E-state index contributed by atoms with van der Waals surface area (Å²) in [4.78, 5) is 12.2. The van der Waals surface area contributed by atoms with E-state index in [1.807, 2.05) is 12.1 Å². The number of nitrogens with one attached hydrogen (secondary N) is 2. The van der Waals surface area contributed by atoms with Crippen LogP contribution in [0.3, 0.4) is 0 Å². The van der Waals surface area contributed by atoms with E-state index >= 15 is 0 Å². The largest absolute Gasteiger partial charge is 0.486 e. The molecule has 1 atom stereocenters. The van der Waals surface area contributed by atoms with Crippen molar-refractivity contribution in [1.29, 1.82) is 0 Å². The number of carbonyl (C=O) groups excluding carboxylic acids is 1. The quantitative estimate of drug-likeness (QED) is 0.802. The number of amides is 1. The van der Waals surface area contributed by atoms with Crippen molar-refractivity contribution in [2.24, 2.45) is 0 Å². The second-order valence-electron chi connectivity index (χ2n) is 4.49. The third-order valence-electron chi connectivity index (χ3n) is 3.21. The fourth-order valence-corrected chi connectivity index (χ4v) is 2.29. The first-order valence-corrected chi connectivity index (χ1v) is 6.25. The fourth-order valence-electron chi connectivity index (χ4n) is 2.29. The van der Waals surface area contributed by atoms with Gasteiger partial charge in [0.25, 0.3) is 5.91 Å². The summed E-state index contributed by atoms with van der Waals surface area (Å²) in [5.74, 6) is 1.12. The number of para-hydroxylation sites is 1. The highest BCUT2D eigenvalue weighted by Crippen LogP contribution is 2.33. The van der Waals surface area contributed by atoms with Gasteiger partial charge in [-0.25, -0.2) is 0 Å². The molecule has 1 fully saturated rings. The molecule has 0 aliphatic carbocycles. The second kappa shape index (κ2) is 4.86. The number of hydrogen-bond acceptors (Lipinski definition) is 4. The summed E-state index contributed by atoms with van der Waals surface area (Å²) in [5, 5.41) is 6.23. The van der Waals surface area contributed by atoms with E-state index in [-0.39, 0.29) is 11.9 Å². The highest BCUT2D eigenvalue weighted by molar-refractivity contribution is 5.98. The van der Waals surface area contributed by atoms with Crippen LogP contribution in [0.1, 0.15) is 16.8 Å². The second-order valence-corrected chi connectivity index (χ2v) is 4.49. The van der Waals surface area contributed by atoms with Crippen molar-refractivity contribution in [1.82, 2.24) is 10.6 Å². The maximum atomic E-state index is 12.2. The zero-order valence-corrected chi connectivity index (χ0v) is 10.1. The molecule has 1 aromatic carbocycles. The topological polar surface area (TPSA) is 59.6 Å². The molecule has 5 nitrogen and oxygen atoms in total. The van der Waals surface area contributed by atoms with Gasteiger partial charge in [0.15, 0.2) is 11.5 Å². The molecule has 0 radical (unpaired) electrons. The summed E-state index contributed by atoms with van der Waals surface area (Å²) < 4.78 is 11.0. The Balaban J connectivity index is 1.80. The Morgan fingerprint density at radius 3 is 3.06 bits per heavy atom. The average Bonchev–Trinajstić information content (AvgIpc) is 2.91. The van der Waals surface area contributed by atoms with E-state index in [1.165, 1.54) is 0 Å². The molecule has 0 saturated carbocycles. The van der Waals surface area contributed by atoms with Gasteiger partial charge >= 0.3 is 0 Å². The third kappa shape index (κ3) is 2.13. The molecule has 96 valence electrons. The van der Waals surface area contributed by atoms with Crippen molar-refractivity contribution in [2.45, 2.75) is 12.5 Å². The standard InChI is InChI=1S/C13H16N2O3/c16-13(15-9-4-5-14-8-9)10-2-1-3-11-12(10)18-7-6-17-11/h1-3,9,14H,4-8H2,(H,15,16)/t9-/m1/s1. The van der Waals surface area contributed by atoms with Gasteiger partial charge in [-0.05, 0) is 25.1 Å². The molecule has 0 bridgehead atoms. The predicted molar refractivity (Wildman–Crippen MR) is 66.2 cm³/mol. The monoisotopic (exact) mass is 248 g/mol. The minimum absolute atomic E-state index is 0.0916. The van der Waals surface area contributed by atoms with Gasteiger partial charge in [0.05, 0.1) is 5.56 Å². The summed E-state index contributed by atoms with van der Waals surface area (Å²) in [5.41, 5.74) is 0.555. The van der Waals surface area contributed by atoms with Crippen LogP contribution in [0, 0.1) is 0 Å². The lowest BCUT2D eigenvalue weighted by atomic mass is 10.1. The first kappa shape index (κ1) is 11.3. The molecule has 2 heterocycles. The zero-order valence-electron chi connectivity index (χ0n) is 10.1. The van der Waals surface area contributed by atoms with E-state index in [0.717, 1.165) is 19.5 Å². The molecule has 0 spiro atoms. The number of fused-ring (bicyclic) bond motifs is 1. The molecule has 1 aromatic rings. The number of carbonyl (C=O) groups is 1. The molecule has 0 unspecified atom stereocenters. The van der Waals surface area contributed by atoms with E-state index in [9.17, 15) is 4.79 Å². The Hall–Kier alpha value is -1.75. The molecule has 2 aliphatic heterocycles. The minimum Gasteiger partial charge on any atom is -0.486 e. The van der Waals surface area contributed by atoms with Crippen molar-refractivity contribution in [2.75, 3.05) is 26.3 Å². The summed E-state index contributed by atoms with van der Waals surface area (Å²) >= 11 is 0. The van der Waals surface area contributed by atoms with Gasteiger partial charge in [-0.3, -0.25) is 4.79 Å². The summed E-state index contributed by atoms with van der Waals surface area (Å²) in [6.45, 7) is 2.81. The van der Waals surface area contributed by atoms with Crippen molar-refractivity contribution in [3.8, 4) is 11.5 Å².